The lowest BCUT2D eigenvalue weighted by Gasteiger charge is -2.07. The molecule has 3 aromatic carbocycles. The molecule has 32 heavy (non-hydrogen) atoms. The zero-order chi connectivity index (χ0) is 21.6. The van der Waals surface area contributed by atoms with Crippen LogP contribution < -0.4 is 9.47 Å². The Bertz CT molecular complexity index is 1160. The van der Waals surface area contributed by atoms with Gasteiger partial charge in [-0.05, 0) is 36.4 Å². The van der Waals surface area contributed by atoms with E-state index in [4.69, 9.17) is 9.47 Å². The number of benzene rings is 3. The first-order chi connectivity index (χ1) is 15.8. The van der Waals surface area contributed by atoms with Crippen LogP contribution >= 0.6 is 0 Å². The molecule has 0 radical (unpaired) electrons. The molecule has 0 amide bonds. The van der Waals surface area contributed by atoms with Gasteiger partial charge in [-0.15, -0.1) is 0 Å². The summed E-state index contributed by atoms with van der Waals surface area (Å²) in [6.07, 6.45) is 0. The first-order valence-corrected chi connectivity index (χ1v) is 10.4. The maximum absolute atomic E-state index is 5.87. The highest BCUT2D eigenvalue weighted by molar-refractivity contribution is 5.59. The summed E-state index contributed by atoms with van der Waals surface area (Å²) in [5.74, 6) is 1.53. The van der Waals surface area contributed by atoms with E-state index in [9.17, 15) is 0 Å². The van der Waals surface area contributed by atoms with Crippen LogP contribution in [0.4, 0.5) is 0 Å². The Morgan fingerprint density at radius 1 is 0.531 bits per heavy atom. The zero-order valence-corrected chi connectivity index (χ0v) is 17.4. The number of rotatable bonds is 8. The van der Waals surface area contributed by atoms with Crippen LogP contribution in [0.3, 0.4) is 0 Å². The van der Waals surface area contributed by atoms with E-state index in [0.29, 0.717) is 13.2 Å². The summed E-state index contributed by atoms with van der Waals surface area (Å²) in [5, 5.41) is 14.8. The molecule has 0 bridgehead atoms. The molecule has 0 spiro atoms. The summed E-state index contributed by atoms with van der Waals surface area (Å²) in [4.78, 5) is 0. The van der Waals surface area contributed by atoms with E-state index >= 15 is 0 Å². The van der Waals surface area contributed by atoms with Crippen molar-refractivity contribution in [2.24, 2.45) is 0 Å². The topological polar surface area (TPSA) is 75.8 Å². The normalized spacial score (nSPS) is 10.8. The van der Waals surface area contributed by atoms with Crippen molar-refractivity contribution in [3.8, 4) is 34.0 Å². The zero-order valence-electron chi connectivity index (χ0n) is 17.4. The second-order valence-corrected chi connectivity index (χ2v) is 7.34. The summed E-state index contributed by atoms with van der Waals surface area (Å²) >= 11 is 0. The van der Waals surface area contributed by atoms with Gasteiger partial charge in [-0.2, -0.15) is 10.2 Å². The first-order valence-electron chi connectivity index (χ1n) is 10.4. The minimum absolute atomic E-state index is 0.413. The molecule has 0 aliphatic heterocycles. The van der Waals surface area contributed by atoms with Crippen LogP contribution in [0, 0.1) is 0 Å². The molecule has 0 atom stereocenters. The lowest BCUT2D eigenvalue weighted by Crippen LogP contribution is -1.97. The van der Waals surface area contributed by atoms with Crippen LogP contribution in [0.25, 0.3) is 22.5 Å². The fourth-order valence-corrected chi connectivity index (χ4v) is 3.34. The monoisotopic (exact) mass is 422 g/mol. The smallest absolute Gasteiger partial charge is 0.130 e. The van der Waals surface area contributed by atoms with Crippen molar-refractivity contribution in [2.75, 3.05) is 0 Å². The predicted octanol–water partition coefficient (Wildman–Crippen LogP) is 5.62. The van der Waals surface area contributed by atoms with E-state index in [1.807, 2.05) is 97.1 Å². The number of H-pyrrole nitrogens is 2. The molecule has 2 N–H and O–H groups in total. The van der Waals surface area contributed by atoms with Crippen molar-refractivity contribution < 1.29 is 9.47 Å². The van der Waals surface area contributed by atoms with Crippen molar-refractivity contribution in [3.63, 3.8) is 0 Å². The van der Waals surface area contributed by atoms with Gasteiger partial charge in [-0.3, -0.25) is 10.2 Å². The molecule has 6 heteroatoms. The van der Waals surface area contributed by atoms with E-state index in [2.05, 4.69) is 20.4 Å². The summed E-state index contributed by atoms with van der Waals surface area (Å²) in [6, 6.07) is 31.7. The summed E-state index contributed by atoms with van der Waals surface area (Å²) in [7, 11) is 0. The van der Waals surface area contributed by atoms with E-state index in [0.717, 1.165) is 45.4 Å². The third-order valence-corrected chi connectivity index (χ3v) is 5.01. The average Bonchev–Trinajstić information content (AvgIpc) is 3.53. The molecular weight excluding hydrogens is 400 g/mol. The minimum atomic E-state index is 0.413. The Morgan fingerprint density at radius 2 is 0.938 bits per heavy atom. The van der Waals surface area contributed by atoms with Gasteiger partial charge in [-0.1, -0.05) is 60.7 Å². The molecule has 2 heterocycles. The highest BCUT2D eigenvalue weighted by Gasteiger charge is 2.06. The Labute approximate surface area is 185 Å². The van der Waals surface area contributed by atoms with E-state index in [1.54, 1.807) is 0 Å². The summed E-state index contributed by atoms with van der Waals surface area (Å²) < 4.78 is 11.7. The Balaban J connectivity index is 1.13. The van der Waals surface area contributed by atoms with Crippen molar-refractivity contribution in [1.82, 2.24) is 20.4 Å². The van der Waals surface area contributed by atoms with Crippen molar-refractivity contribution in [1.29, 1.82) is 0 Å². The number of nitrogens with one attached hydrogen (secondary N) is 2. The molecule has 0 aliphatic carbocycles. The fourth-order valence-electron chi connectivity index (χ4n) is 3.34. The first kappa shape index (κ1) is 19.6. The van der Waals surface area contributed by atoms with Gasteiger partial charge in [-0.25, -0.2) is 0 Å². The molecule has 5 rings (SSSR count). The number of aromatic amines is 2. The van der Waals surface area contributed by atoms with Crippen LogP contribution in [0.5, 0.6) is 11.5 Å². The average molecular weight is 422 g/mol. The SMILES string of the molecule is c1ccc(-c2cc(COc3ccc(OCc4cc(-c5ccccc5)n[nH]4)cc3)[nH]n2)cc1. The molecule has 5 aromatic rings. The van der Waals surface area contributed by atoms with Gasteiger partial charge in [0.05, 0.1) is 22.8 Å². The lowest BCUT2D eigenvalue weighted by atomic mass is 10.1. The van der Waals surface area contributed by atoms with Crippen molar-refractivity contribution >= 4 is 0 Å². The molecule has 6 nitrogen and oxygen atoms in total. The van der Waals surface area contributed by atoms with Crippen molar-refractivity contribution in [3.05, 3.63) is 108 Å². The Morgan fingerprint density at radius 3 is 1.34 bits per heavy atom. The van der Waals surface area contributed by atoms with Gasteiger partial charge in [0, 0.05) is 11.1 Å². The molecule has 2 aromatic heterocycles. The molecule has 0 unspecified atom stereocenters. The highest BCUT2D eigenvalue weighted by atomic mass is 16.5. The maximum atomic E-state index is 5.87. The predicted molar refractivity (Wildman–Crippen MR) is 123 cm³/mol. The van der Waals surface area contributed by atoms with Gasteiger partial charge in [0.1, 0.15) is 24.7 Å². The second-order valence-electron chi connectivity index (χ2n) is 7.34. The van der Waals surface area contributed by atoms with E-state index in [-0.39, 0.29) is 0 Å². The third-order valence-electron chi connectivity index (χ3n) is 5.01. The second kappa shape index (κ2) is 9.22. The molecular formula is C26H22N4O2. The third kappa shape index (κ3) is 4.70. The quantitative estimate of drug-likeness (QED) is 0.340. The summed E-state index contributed by atoms with van der Waals surface area (Å²) in [6.45, 7) is 0.826. The minimum Gasteiger partial charge on any atom is -0.487 e. The van der Waals surface area contributed by atoms with Crippen LogP contribution in [0.15, 0.2) is 97.1 Å². The Kier molecular flexibility index (Phi) is 5.66. The molecule has 0 saturated heterocycles. The standard InChI is InChI=1S/C26H22N4O2/c1-3-7-19(8-4-1)25-15-21(27-29-25)17-31-23-11-13-24(14-12-23)32-18-22-16-26(30-28-22)20-9-5-2-6-10-20/h1-16H,17-18H2,(H,27,29)(H,28,30). The number of aromatic nitrogens is 4. The fraction of sp³-hybridized carbons (Fsp3) is 0.0769. The molecule has 158 valence electrons. The number of nitrogens with zero attached hydrogens (tertiary/aromatic N) is 2. The van der Waals surface area contributed by atoms with E-state index < -0.39 is 0 Å². The Hall–Kier alpha value is -4.32. The molecule has 0 fully saturated rings. The van der Waals surface area contributed by atoms with Gasteiger partial charge < -0.3 is 9.47 Å². The largest absolute Gasteiger partial charge is 0.487 e. The number of hydrogen-bond acceptors (Lipinski definition) is 4. The number of hydrogen-bond donors (Lipinski definition) is 2. The van der Waals surface area contributed by atoms with Crippen molar-refractivity contribution in [2.45, 2.75) is 13.2 Å². The highest BCUT2D eigenvalue weighted by Crippen LogP contribution is 2.22. The number of ether oxygens (including phenoxy) is 2. The maximum Gasteiger partial charge on any atom is 0.130 e. The van der Waals surface area contributed by atoms with Gasteiger partial charge in [0.2, 0.25) is 0 Å². The van der Waals surface area contributed by atoms with Gasteiger partial charge in [0.25, 0.3) is 0 Å². The van der Waals surface area contributed by atoms with Crippen LogP contribution in [-0.4, -0.2) is 20.4 Å². The lowest BCUT2D eigenvalue weighted by molar-refractivity contribution is 0.292. The van der Waals surface area contributed by atoms with Gasteiger partial charge in [0.15, 0.2) is 0 Å². The summed E-state index contributed by atoms with van der Waals surface area (Å²) in [5.41, 5.74) is 5.79. The van der Waals surface area contributed by atoms with E-state index in [1.165, 1.54) is 0 Å². The van der Waals surface area contributed by atoms with Crippen LogP contribution in [-0.2, 0) is 13.2 Å². The molecule has 0 saturated carbocycles. The van der Waals surface area contributed by atoms with Gasteiger partial charge >= 0.3 is 0 Å². The molecule has 0 aliphatic rings. The van der Waals surface area contributed by atoms with Crippen LogP contribution in [0.1, 0.15) is 11.4 Å². The van der Waals surface area contributed by atoms with Crippen LogP contribution in [0.2, 0.25) is 0 Å².